The molecule has 5 heteroatoms. The van der Waals surface area contributed by atoms with Crippen molar-refractivity contribution in [1.29, 1.82) is 0 Å². The van der Waals surface area contributed by atoms with Crippen LogP contribution >= 0.6 is 11.3 Å². The molecule has 0 aliphatic heterocycles. The summed E-state index contributed by atoms with van der Waals surface area (Å²) in [6.45, 7) is 0. The third kappa shape index (κ3) is 2.98. The van der Waals surface area contributed by atoms with Crippen molar-refractivity contribution in [1.82, 2.24) is 15.0 Å². The van der Waals surface area contributed by atoms with Gasteiger partial charge in [0.2, 0.25) is 0 Å². The van der Waals surface area contributed by atoms with Gasteiger partial charge in [0, 0.05) is 40.7 Å². The minimum absolute atomic E-state index is 0.805. The first-order chi connectivity index (χ1) is 13.4. The average molecular weight is 369 g/mol. The number of nitrogens with one attached hydrogen (secondary N) is 1. The van der Waals surface area contributed by atoms with E-state index in [-0.39, 0.29) is 0 Å². The van der Waals surface area contributed by atoms with Crippen LogP contribution in [0.2, 0.25) is 0 Å². The Hall–Kier alpha value is -3.44. The van der Waals surface area contributed by atoms with Crippen LogP contribution in [-0.2, 0) is 0 Å². The summed E-state index contributed by atoms with van der Waals surface area (Å²) in [6.07, 6.45) is 5.75. The zero-order valence-corrected chi connectivity index (χ0v) is 15.1. The summed E-state index contributed by atoms with van der Waals surface area (Å²) in [5.74, 6) is 1.62. The standard InChI is InChI=1S/C22H15N3OS/c1-2-6-16(7-3-1)26-20-9-5-4-8-17(20)15-10-18-19(21-13-23-14-27-21)12-25-22(18)24-11-15/h1-14H,(H,24,25). The van der Waals surface area contributed by atoms with Crippen molar-refractivity contribution in [2.75, 3.05) is 0 Å². The van der Waals surface area contributed by atoms with Crippen LogP contribution in [-0.4, -0.2) is 15.0 Å². The number of nitrogens with zero attached hydrogens (tertiary/aromatic N) is 2. The molecule has 0 unspecified atom stereocenters. The molecule has 27 heavy (non-hydrogen) atoms. The molecule has 5 aromatic rings. The van der Waals surface area contributed by atoms with Crippen molar-refractivity contribution in [3.05, 3.63) is 84.8 Å². The van der Waals surface area contributed by atoms with Crippen LogP contribution in [0.1, 0.15) is 0 Å². The Balaban J connectivity index is 1.61. The van der Waals surface area contributed by atoms with E-state index in [4.69, 9.17) is 4.74 Å². The summed E-state index contributed by atoms with van der Waals surface area (Å²) in [4.78, 5) is 13.2. The predicted molar refractivity (Wildman–Crippen MR) is 109 cm³/mol. The van der Waals surface area contributed by atoms with E-state index in [1.54, 1.807) is 11.3 Å². The number of H-pyrrole nitrogens is 1. The van der Waals surface area contributed by atoms with E-state index in [2.05, 4.69) is 27.1 Å². The normalized spacial score (nSPS) is 11.0. The van der Waals surface area contributed by atoms with E-state index in [1.807, 2.05) is 72.6 Å². The first-order valence-corrected chi connectivity index (χ1v) is 9.45. The first kappa shape index (κ1) is 15.8. The third-order valence-corrected chi connectivity index (χ3v) is 5.20. The second-order valence-corrected chi connectivity index (χ2v) is 6.99. The quantitative estimate of drug-likeness (QED) is 0.413. The van der Waals surface area contributed by atoms with Gasteiger partial charge in [0.15, 0.2) is 0 Å². The average Bonchev–Trinajstić information content (AvgIpc) is 3.38. The van der Waals surface area contributed by atoms with Crippen molar-refractivity contribution < 1.29 is 4.74 Å². The molecule has 0 radical (unpaired) electrons. The maximum Gasteiger partial charge on any atom is 0.137 e. The van der Waals surface area contributed by atoms with E-state index in [1.165, 1.54) is 0 Å². The maximum atomic E-state index is 6.12. The van der Waals surface area contributed by atoms with E-state index >= 15 is 0 Å². The fraction of sp³-hybridized carbons (Fsp3) is 0. The van der Waals surface area contributed by atoms with Crippen LogP contribution < -0.4 is 4.74 Å². The van der Waals surface area contributed by atoms with Gasteiger partial charge in [-0.3, -0.25) is 4.98 Å². The van der Waals surface area contributed by atoms with Gasteiger partial charge in [0.1, 0.15) is 17.1 Å². The number of aromatic amines is 1. The highest BCUT2D eigenvalue weighted by molar-refractivity contribution is 7.13. The minimum Gasteiger partial charge on any atom is -0.457 e. The van der Waals surface area contributed by atoms with E-state index in [9.17, 15) is 0 Å². The zero-order valence-electron chi connectivity index (χ0n) is 14.3. The summed E-state index contributed by atoms with van der Waals surface area (Å²) in [5, 5.41) is 1.08. The molecule has 0 saturated heterocycles. The highest BCUT2D eigenvalue weighted by Crippen LogP contribution is 2.36. The SMILES string of the molecule is c1ccc(Oc2ccccc2-c2cnc3[nH]cc(-c4cncs4)c3c2)cc1. The van der Waals surface area contributed by atoms with Crippen LogP contribution in [0.15, 0.2) is 84.8 Å². The second-order valence-electron chi connectivity index (χ2n) is 6.10. The van der Waals surface area contributed by atoms with Crippen LogP contribution in [0, 0.1) is 0 Å². The number of fused-ring (bicyclic) bond motifs is 1. The monoisotopic (exact) mass is 369 g/mol. The summed E-state index contributed by atoms with van der Waals surface area (Å²) in [7, 11) is 0. The molecule has 0 atom stereocenters. The van der Waals surface area contributed by atoms with Crippen molar-refractivity contribution in [2.45, 2.75) is 0 Å². The first-order valence-electron chi connectivity index (χ1n) is 8.57. The van der Waals surface area contributed by atoms with Gasteiger partial charge in [-0.15, -0.1) is 11.3 Å². The van der Waals surface area contributed by atoms with E-state index < -0.39 is 0 Å². The molecule has 2 aromatic carbocycles. The maximum absolute atomic E-state index is 6.12. The molecule has 3 heterocycles. The van der Waals surface area contributed by atoms with Gasteiger partial charge in [-0.25, -0.2) is 4.98 Å². The van der Waals surface area contributed by atoms with Gasteiger partial charge in [-0.05, 0) is 24.3 Å². The number of aromatic nitrogens is 3. The fourth-order valence-electron chi connectivity index (χ4n) is 3.11. The minimum atomic E-state index is 0.805. The molecule has 0 bridgehead atoms. The predicted octanol–water partition coefficient (Wildman–Crippen LogP) is 6.15. The largest absolute Gasteiger partial charge is 0.457 e. The Morgan fingerprint density at radius 3 is 2.59 bits per heavy atom. The lowest BCUT2D eigenvalue weighted by Gasteiger charge is -2.11. The number of rotatable bonds is 4. The molecule has 0 fully saturated rings. The molecule has 0 spiro atoms. The number of thiazole rings is 1. The van der Waals surface area contributed by atoms with Crippen molar-refractivity contribution in [3.63, 3.8) is 0 Å². The Morgan fingerprint density at radius 2 is 1.74 bits per heavy atom. The number of hydrogen-bond acceptors (Lipinski definition) is 4. The molecule has 5 rings (SSSR count). The Kier molecular flexibility index (Phi) is 3.92. The van der Waals surface area contributed by atoms with Crippen LogP contribution in [0.4, 0.5) is 0 Å². The van der Waals surface area contributed by atoms with E-state index in [0.29, 0.717) is 0 Å². The second kappa shape index (κ2) is 6.70. The molecule has 3 aromatic heterocycles. The summed E-state index contributed by atoms with van der Waals surface area (Å²) < 4.78 is 6.12. The van der Waals surface area contributed by atoms with Crippen molar-refractivity contribution in [3.8, 4) is 33.1 Å². The molecule has 4 nitrogen and oxygen atoms in total. The van der Waals surface area contributed by atoms with Gasteiger partial charge in [-0.1, -0.05) is 36.4 Å². The molecular weight excluding hydrogens is 354 g/mol. The molecule has 0 amide bonds. The van der Waals surface area contributed by atoms with Crippen molar-refractivity contribution in [2.24, 2.45) is 0 Å². The molecule has 0 saturated carbocycles. The van der Waals surface area contributed by atoms with Gasteiger partial charge in [0.05, 0.1) is 10.4 Å². The Bertz CT molecular complexity index is 1200. The Labute approximate surface area is 160 Å². The van der Waals surface area contributed by atoms with Gasteiger partial charge in [0.25, 0.3) is 0 Å². The summed E-state index contributed by atoms with van der Waals surface area (Å²) in [5.41, 5.74) is 5.84. The molecule has 0 aliphatic carbocycles. The Morgan fingerprint density at radius 1 is 0.889 bits per heavy atom. The smallest absolute Gasteiger partial charge is 0.137 e. The summed E-state index contributed by atoms with van der Waals surface area (Å²) >= 11 is 1.62. The molecule has 0 aliphatic rings. The lowest BCUT2D eigenvalue weighted by atomic mass is 10.0. The number of benzene rings is 2. The van der Waals surface area contributed by atoms with Crippen LogP contribution in [0.5, 0.6) is 11.5 Å². The number of hydrogen-bond donors (Lipinski definition) is 1. The van der Waals surface area contributed by atoms with E-state index in [0.717, 1.165) is 44.1 Å². The van der Waals surface area contributed by atoms with Crippen LogP contribution in [0.3, 0.4) is 0 Å². The lowest BCUT2D eigenvalue weighted by Crippen LogP contribution is -1.89. The van der Waals surface area contributed by atoms with Crippen molar-refractivity contribution >= 4 is 22.4 Å². The number of ether oxygens (including phenoxy) is 1. The number of pyridine rings is 1. The lowest BCUT2D eigenvalue weighted by molar-refractivity contribution is 0.484. The molecular formula is C22H15N3OS. The number of para-hydroxylation sites is 2. The highest BCUT2D eigenvalue weighted by Gasteiger charge is 2.12. The van der Waals surface area contributed by atoms with Gasteiger partial charge in [-0.2, -0.15) is 0 Å². The summed E-state index contributed by atoms with van der Waals surface area (Å²) in [6, 6.07) is 20.0. The van der Waals surface area contributed by atoms with Gasteiger partial charge < -0.3 is 9.72 Å². The topological polar surface area (TPSA) is 50.8 Å². The third-order valence-electron chi connectivity index (χ3n) is 4.40. The molecule has 1 N–H and O–H groups in total. The zero-order chi connectivity index (χ0) is 18.1. The van der Waals surface area contributed by atoms with Gasteiger partial charge >= 0.3 is 0 Å². The molecule has 130 valence electrons. The van der Waals surface area contributed by atoms with Crippen LogP contribution in [0.25, 0.3) is 32.6 Å². The fourth-order valence-corrected chi connectivity index (χ4v) is 3.77. The highest BCUT2D eigenvalue weighted by atomic mass is 32.1.